The number of ether oxygens (including phenoxy) is 1. The minimum atomic E-state index is -1.63. The Morgan fingerprint density at radius 3 is 2.78 bits per heavy atom. The number of aliphatic carboxylic acids is 1. The second-order valence-corrected chi connectivity index (χ2v) is 5.28. The Bertz CT molecular complexity index is 853. The molecule has 2 aromatic rings. The fraction of sp³-hybridized carbons (Fsp3) is 0.267. The van der Waals surface area contributed by atoms with Gasteiger partial charge in [0.05, 0.1) is 18.4 Å². The van der Waals surface area contributed by atoms with E-state index in [4.69, 9.17) is 14.7 Å². The molecule has 0 aliphatic carbocycles. The highest BCUT2D eigenvalue weighted by Gasteiger charge is 2.44. The monoisotopic (exact) mass is 322 g/mol. The van der Waals surface area contributed by atoms with Crippen LogP contribution in [0, 0.1) is 11.6 Å². The van der Waals surface area contributed by atoms with Gasteiger partial charge in [0.1, 0.15) is 11.3 Å². The van der Waals surface area contributed by atoms with E-state index >= 15 is 0 Å². The maximum Gasteiger partial charge on any atom is 0.351 e. The highest BCUT2D eigenvalue weighted by atomic mass is 19.2. The van der Waals surface area contributed by atoms with Gasteiger partial charge in [0.25, 0.3) is 0 Å². The van der Waals surface area contributed by atoms with Crippen LogP contribution in [0.2, 0.25) is 0 Å². The normalized spacial score (nSPS) is 20.3. The van der Waals surface area contributed by atoms with Gasteiger partial charge < -0.3 is 14.7 Å². The van der Waals surface area contributed by atoms with Crippen molar-refractivity contribution < 1.29 is 28.3 Å². The molecule has 6 nitrogen and oxygen atoms in total. The SMILES string of the molecule is COc1c(C2=NOC(C)(C(=O)O)C2)c(F)c(F)c2ncccc12. The first kappa shape index (κ1) is 15.1. The van der Waals surface area contributed by atoms with Crippen molar-refractivity contribution in [2.24, 2.45) is 5.16 Å². The first-order valence-electron chi connectivity index (χ1n) is 6.67. The van der Waals surface area contributed by atoms with E-state index in [1.54, 1.807) is 6.07 Å². The van der Waals surface area contributed by atoms with Gasteiger partial charge in [-0.1, -0.05) is 5.16 Å². The summed E-state index contributed by atoms with van der Waals surface area (Å²) in [5, 5.41) is 13.0. The van der Waals surface area contributed by atoms with E-state index in [1.807, 2.05) is 0 Å². The number of oxime groups is 1. The summed E-state index contributed by atoms with van der Waals surface area (Å²) in [5.41, 5.74) is -2.09. The number of carboxylic acids is 1. The maximum absolute atomic E-state index is 14.5. The Labute approximate surface area is 129 Å². The van der Waals surface area contributed by atoms with E-state index < -0.39 is 23.2 Å². The molecule has 120 valence electrons. The van der Waals surface area contributed by atoms with E-state index in [-0.39, 0.29) is 34.3 Å². The molecule has 0 saturated heterocycles. The summed E-state index contributed by atoms with van der Waals surface area (Å²) in [6, 6.07) is 3.08. The molecule has 1 aromatic carbocycles. The summed E-state index contributed by atoms with van der Waals surface area (Å²) in [6.07, 6.45) is 1.11. The molecule has 0 spiro atoms. The fourth-order valence-electron chi connectivity index (χ4n) is 2.47. The number of carbonyl (C=O) groups is 1. The third-order valence-corrected chi connectivity index (χ3v) is 3.71. The number of pyridine rings is 1. The van der Waals surface area contributed by atoms with Crippen LogP contribution in [0.1, 0.15) is 18.9 Å². The predicted octanol–water partition coefficient (Wildman–Crippen LogP) is 2.49. The van der Waals surface area contributed by atoms with Crippen molar-refractivity contribution >= 4 is 22.6 Å². The number of hydrogen-bond donors (Lipinski definition) is 1. The van der Waals surface area contributed by atoms with Crippen LogP contribution in [0.5, 0.6) is 5.75 Å². The van der Waals surface area contributed by atoms with Gasteiger partial charge >= 0.3 is 5.97 Å². The van der Waals surface area contributed by atoms with Gasteiger partial charge in [-0.05, 0) is 19.1 Å². The number of hydrogen-bond acceptors (Lipinski definition) is 5. The molecule has 3 rings (SSSR count). The largest absolute Gasteiger partial charge is 0.495 e. The number of aromatic nitrogens is 1. The number of fused-ring (bicyclic) bond motifs is 1. The van der Waals surface area contributed by atoms with Gasteiger partial charge in [-0.25, -0.2) is 13.6 Å². The number of carboxylic acid groups (broad SMARTS) is 1. The molecular weight excluding hydrogens is 310 g/mol. The second-order valence-electron chi connectivity index (χ2n) is 5.28. The molecule has 1 N–H and O–H groups in total. The molecular formula is C15H12F2N2O4. The van der Waals surface area contributed by atoms with Crippen LogP contribution in [0.4, 0.5) is 8.78 Å². The summed E-state index contributed by atoms with van der Waals surface area (Å²) in [5.74, 6) is -3.57. The summed E-state index contributed by atoms with van der Waals surface area (Å²) in [4.78, 5) is 19.9. The van der Waals surface area contributed by atoms with Crippen LogP contribution in [0.15, 0.2) is 23.5 Å². The third kappa shape index (κ3) is 2.18. The average molecular weight is 322 g/mol. The maximum atomic E-state index is 14.5. The zero-order valence-corrected chi connectivity index (χ0v) is 12.3. The van der Waals surface area contributed by atoms with Crippen molar-refractivity contribution in [1.82, 2.24) is 4.98 Å². The lowest BCUT2D eigenvalue weighted by atomic mass is 9.94. The number of nitrogens with zero attached hydrogens (tertiary/aromatic N) is 2. The topological polar surface area (TPSA) is 81.0 Å². The van der Waals surface area contributed by atoms with Crippen molar-refractivity contribution in [2.45, 2.75) is 18.9 Å². The van der Waals surface area contributed by atoms with Crippen molar-refractivity contribution in [3.63, 3.8) is 0 Å². The van der Waals surface area contributed by atoms with Crippen LogP contribution >= 0.6 is 0 Å². The molecule has 0 radical (unpaired) electrons. The number of methoxy groups -OCH3 is 1. The minimum Gasteiger partial charge on any atom is -0.495 e. The van der Waals surface area contributed by atoms with Crippen LogP contribution < -0.4 is 4.74 Å². The van der Waals surface area contributed by atoms with Gasteiger partial charge in [-0.3, -0.25) is 4.98 Å². The van der Waals surface area contributed by atoms with E-state index in [9.17, 15) is 13.6 Å². The van der Waals surface area contributed by atoms with Crippen LogP contribution in [0.3, 0.4) is 0 Å². The molecule has 0 bridgehead atoms. The van der Waals surface area contributed by atoms with Gasteiger partial charge in [0.2, 0.25) is 5.60 Å². The molecule has 1 aliphatic heterocycles. The number of rotatable bonds is 3. The van der Waals surface area contributed by atoms with E-state index in [1.165, 1.54) is 26.3 Å². The van der Waals surface area contributed by atoms with E-state index in [0.29, 0.717) is 0 Å². The summed E-state index contributed by atoms with van der Waals surface area (Å²) < 4.78 is 34.0. The molecule has 1 atom stereocenters. The highest BCUT2D eigenvalue weighted by molar-refractivity contribution is 6.10. The Morgan fingerprint density at radius 1 is 1.43 bits per heavy atom. The quantitative estimate of drug-likeness (QED) is 0.939. The Hall–Kier alpha value is -2.77. The number of benzene rings is 1. The molecule has 2 heterocycles. The van der Waals surface area contributed by atoms with Crippen LogP contribution in [-0.4, -0.2) is 34.5 Å². The van der Waals surface area contributed by atoms with Crippen molar-refractivity contribution in [3.8, 4) is 5.75 Å². The molecule has 1 aliphatic rings. The van der Waals surface area contributed by atoms with Gasteiger partial charge in [0.15, 0.2) is 11.6 Å². The number of halogens is 2. The van der Waals surface area contributed by atoms with Crippen molar-refractivity contribution in [1.29, 1.82) is 0 Å². The first-order chi connectivity index (χ1) is 10.9. The molecule has 8 heteroatoms. The van der Waals surface area contributed by atoms with Crippen LogP contribution in [0.25, 0.3) is 10.9 Å². The molecule has 1 unspecified atom stereocenters. The van der Waals surface area contributed by atoms with Gasteiger partial charge in [0, 0.05) is 18.0 Å². The summed E-state index contributed by atoms with van der Waals surface area (Å²) in [6.45, 7) is 1.30. The first-order valence-corrected chi connectivity index (χ1v) is 6.67. The minimum absolute atomic E-state index is 0.0315. The van der Waals surface area contributed by atoms with Gasteiger partial charge in [-0.15, -0.1) is 0 Å². The van der Waals surface area contributed by atoms with Crippen molar-refractivity contribution in [3.05, 3.63) is 35.5 Å². The summed E-state index contributed by atoms with van der Waals surface area (Å²) in [7, 11) is 1.30. The lowest BCUT2D eigenvalue weighted by Crippen LogP contribution is -2.35. The molecule has 0 amide bonds. The fourth-order valence-corrected chi connectivity index (χ4v) is 2.47. The second kappa shape index (κ2) is 5.15. The van der Waals surface area contributed by atoms with E-state index in [2.05, 4.69) is 10.1 Å². The molecule has 23 heavy (non-hydrogen) atoms. The lowest BCUT2D eigenvalue weighted by molar-refractivity contribution is -0.160. The standard InChI is InChI=1S/C15H12F2N2O4/c1-15(14(20)21)6-8(19-23-15)9-10(16)11(17)12-7(13(9)22-2)4-3-5-18-12/h3-5H,6H2,1-2H3,(H,20,21). The molecule has 0 fully saturated rings. The Morgan fingerprint density at radius 2 is 2.17 bits per heavy atom. The summed E-state index contributed by atoms with van der Waals surface area (Å²) >= 11 is 0. The zero-order chi connectivity index (χ0) is 16.8. The van der Waals surface area contributed by atoms with Gasteiger partial charge in [-0.2, -0.15) is 0 Å². The van der Waals surface area contributed by atoms with Crippen molar-refractivity contribution in [2.75, 3.05) is 7.11 Å². The Balaban J connectivity index is 2.23. The average Bonchev–Trinajstić information content (AvgIpc) is 2.94. The lowest BCUT2D eigenvalue weighted by Gasteiger charge is -2.16. The molecule has 1 aromatic heterocycles. The zero-order valence-electron chi connectivity index (χ0n) is 12.3. The Kier molecular flexibility index (Phi) is 3.39. The smallest absolute Gasteiger partial charge is 0.351 e. The highest BCUT2D eigenvalue weighted by Crippen LogP contribution is 2.37. The third-order valence-electron chi connectivity index (χ3n) is 3.71. The molecule has 0 saturated carbocycles. The van der Waals surface area contributed by atoms with E-state index in [0.717, 1.165) is 0 Å². The predicted molar refractivity (Wildman–Crippen MR) is 76.5 cm³/mol. The van der Waals surface area contributed by atoms with Crippen LogP contribution in [-0.2, 0) is 9.63 Å².